The summed E-state index contributed by atoms with van der Waals surface area (Å²) in [4.78, 5) is 10.4. The van der Waals surface area contributed by atoms with Crippen LogP contribution in [0.1, 0.15) is 10.4 Å². The smallest absolute Gasteiger partial charge is 0.142 e. The molecule has 3 rings (SSSR count). The van der Waals surface area contributed by atoms with Crippen LogP contribution in [0.2, 0.25) is 0 Å². The molecule has 0 fully saturated rings. The fraction of sp³-hybridized carbons (Fsp3) is 0.125. The van der Waals surface area contributed by atoms with Crippen molar-refractivity contribution in [3.63, 3.8) is 0 Å². The molecule has 0 bridgehead atoms. The number of hydrogen-bond donors (Lipinski definition) is 0. The Morgan fingerprint density at radius 3 is 2.65 bits per heavy atom. The third-order valence-electron chi connectivity index (χ3n) is 3.06. The number of pyridine rings is 1. The zero-order valence-corrected chi connectivity index (χ0v) is 13.6. The number of halogens is 1. The van der Waals surface area contributed by atoms with E-state index in [1.807, 2.05) is 30.5 Å². The van der Waals surface area contributed by atoms with Gasteiger partial charge in [0.15, 0.2) is 0 Å². The van der Waals surface area contributed by atoms with Crippen molar-refractivity contribution in [2.75, 3.05) is 0 Å². The summed E-state index contributed by atoms with van der Waals surface area (Å²) in [5.74, 6) is 0. The Labute approximate surface area is 130 Å². The highest BCUT2D eigenvalue weighted by Gasteiger charge is 2.13. The molecule has 0 saturated heterocycles. The maximum Gasteiger partial charge on any atom is 0.142 e. The number of benzene rings is 1. The van der Waals surface area contributed by atoms with Crippen LogP contribution in [0.25, 0.3) is 22.0 Å². The SMILES string of the molecule is Cc1ccnc(-c2nc(-c3ccccc3Br)c(C)s2)c1. The van der Waals surface area contributed by atoms with Gasteiger partial charge in [-0.1, -0.05) is 34.1 Å². The minimum absolute atomic E-state index is 0.941. The summed E-state index contributed by atoms with van der Waals surface area (Å²) in [7, 11) is 0. The lowest BCUT2D eigenvalue weighted by atomic mass is 10.1. The summed E-state index contributed by atoms with van der Waals surface area (Å²) in [5, 5.41) is 0.969. The van der Waals surface area contributed by atoms with Gasteiger partial charge in [-0.25, -0.2) is 4.98 Å². The Kier molecular flexibility index (Phi) is 3.68. The number of thiazole rings is 1. The van der Waals surface area contributed by atoms with Crippen LogP contribution in [0.15, 0.2) is 47.1 Å². The van der Waals surface area contributed by atoms with Gasteiger partial charge in [0, 0.05) is 21.1 Å². The van der Waals surface area contributed by atoms with Gasteiger partial charge in [0.25, 0.3) is 0 Å². The second kappa shape index (κ2) is 5.46. The molecule has 4 heteroatoms. The molecule has 20 heavy (non-hydrogen) atoms. The molecular weight excluding hydrogens is 332 g/mol. The third-order valence-corrected chi connectivity index (χ3v) is 4.74. The van der Waals surface area contributed by atoms with Crippen LogP contribution in [0, 0.1) is 13.8 Å². The number of aryl methyl sites for hydroxylation is 2. The van der Waals surface area contributed by atoms with Gasteiger partial charge in [0.05, 0.1) is 11.4 Å². The van der Waals surface area contributed by atoms with Gasteiger partial charge in [-0.3, -0.25) is 4.98 Å². The summed E-state index contributed by atoms with van der Waals surface area (Å²) in [6.45, 7) is 4.17. The first-order valence-electron chi connectivity index (χ1n) is 6.30. The molecule has 2 nitrogen and oxygen atoms in total. The molecule has 0 amide bonds. The van der Waals surface area contributed by atoms with Crippen LogP contribution >= 0.6 is 27.3 Å². The molecular formula is C16H13BrN2S. The van der Waals surface area contributed by atoms with Crippen LogP contribution in [0.3, 0.4) is 0 Å². The average molecular weight is 345 g/mol. The zero-order valence-electron chi connectivity index (χ0n) is 11.2. The first kappa shape index (κ1) is 13.5. The molecule has 2 aromatic heterocycles. The van der Waals surface area contributed by atoms with Gasteiger partial charge in [-0.05, 0) is 37.6 Å². The highest BCUT2D eigenvalue weighted by Crippen LogP contribution is 2.35. The van der Waals surface area contributed by atoms with Gasteiger partial charge >= 0.3 is 0 Å². The van der Waals surface area contributed by atoms with Gasteiger partial charge in [-0.2, -0.15) is 0 Å². The molecule has 0 N–H and O–H groups in total. The number of nitrogens with zero attached hydrogens (tertiary/aromatic N) is 2. The molecule has 3 aromatic rings. The number of rotatable bonds is 2. The maximum absolute atomic E-state index is 4.78. The lowest BCUT2D eigenvalue weighted by molar-refractivity contribution is 1.26. The van der Waals surface area contributed by atoms with Crippen molar-refractivity contribution in [2.24, 2.45) is 0 Å². The number of hydrogen-bond acceptors (Lipinski definition) is 3. The molecule has 0 radical (unpaired) electrons. The second-order valence-electron chi connectivity index (χ2n) is 4.62. The minimum Gasteiger partial charge on any atom is -0.254 e. The summed E-state index contributed by atoms with van der Waals surface area (Å²) in [6, 6.07) is 12.2. The van der Waals surface area contributed by atoms with E-state index in [0.29, 0.717) is 0 Å². The van der Waals surface area contributed by atoms with Crippen LogP contribution in [0.5, 0.6) is 0 Å². The lowest BCUT2D eigenvalue weighted by Gasteiger charge is -2.01. The molecule has 0 saturated carbocycles. The van der Waals surface area contributed by atoms with Gasteiger partial charge < -0.3 is 0 Å². The molecule has 0 spiro atoms. The second-order valence-corrected chi connectivity index (χ2v) is 6.68. The average Bonchev–Trinajstić information content (AvgIpc) is 2.81. The van der Waals surface area contributed by atoms with E-state index in [-0.39, 0.29) is 0 Å². The molecule has 1 aromatic carbocycles. The molecule has 100 valence electrons. The van der Waals surface area contributed by atoms with Crippen molar-refractivity contribution < 1.29 is 0 Å². The van der Waals surface area contributed by atoms with Crippen molar-refractivity contribution in [1.82, 2.24) is 9.97 Å². The summed E-state index contributed by atoms with van der Waals surface area (Å²) in [5.41, 5.74) is 4.29. The van der Waals surface area contributed by atoms with E-state index in [0.717, 1.165) is 26.4 Å². The first-order valence-corrected chi connectivity index (χ1v) is 7.91. The minimum atomic E-state index is 0.941. The highest BCUT2D eigenvalue weighted by atomic mass is 79.9. The van der Waals surface area contributed by atoms with E-state index in [9.17, 15) is 0 Å². The van der Waals surface area contributed by atoms with Gasteiger partial charge in [0.2, 0.25) is 0 Å². The van der Waals surface area contributed by atoms with E-state index in [2.05, 4.69) is 46.9 Å². The summed E-state index contributed by atoms with van der Waals surface area (Å²) >= 11 is 5.28. The molecule has 2 heterocycles. The Morgan fingerprint density at radius 1 is 1.10 bits per heavy atom. The van der Waals surface area contributed by atoms with Gasteiger partial charge in [-0.15, -0.1) is 11.3 Å². The quantitative estimate of drug-likeness (QED) is 0.634. The Bertz CT molecular complexity index is 765. The van der Waals surface area contributed by atoms with Crippen LogP contribution in [-0.2, 0) is 0 Å². The standard InChI is InChI=1S/C16H13BrN2S/c1-10-7-8-18-14(9-10)16-19-15(11(2)20-16)12-5-3-4-6-13(12)17/h3-9H,1-2H3. The van der Waals surface area contributed by atoms with E-state index in [1.54, 1.807) is 11.3 Å². The summed E-state index contributed by atoms with van der Waals surface area (Å²) in [6.07, 6.45) is 1.83. The fourth-order valence-electron chi connectivity index (χ4n) is 2.06. The fourth-order valence-corrected chi connectivity index (χ4v) is 3.43. The normalized spacial score (nSPS) is 10.8. The lowest BCUT2D eigenvalue weighted by Crippen LogP contribution is -1.85. The Hall–Kier alpha value is -1.52. The zero-order chi connectivity index (χ0) is 14.1. The highest BCUT2D eigenvalue weighted by molar-refractivity contribution is 9.10. The van der Waals surface area contributed by atoms with Crippen LogP contribution in [-0.4, -0.2) is 9.97 Å². The monoisotopic (exact) mass is 344 g/mol. The summed E-state index contributed by atoms with van der Waals surface area (Å²) < 4.78 is 1.07. The van der Waals surface area contributed by atoms with E-state index < -0.39 is 0 Å². The molecule has 0 aliphatic heterocycles. The van der Waals surface area contributed by atoms with E-state index >= 15 is 0 Å². The maximum atomic E-state index is 4.78. The largest absolute Gasteiger partial charge is 0.254 e. The molecule has 0 aliphatic rings. The molecule has 0 unspecified atom stereocenters. The van der Waals surface area contributed by atoms with Crippen molar-refractivity contribution in [1.29, 1.82) is 0 Å². The van der Waals surface area contributed by atoms with Crippen LogP contribution < -0.4 is 0 Å². The molecule has 0 aliphatic carbocycles. The Balaban J connectivity index is 2.10. The van der Waals surface area contributed by atoms with Crippen LogP contribution in [0.4, 0.5) is 0 Å². The first-order chi connectivity index (χ1) is 9.65. The van der Waals surface area contributed by atoms with Crippen molar-refractivity contribution in [2.45, 2.75) is 13.8 Å². The predicted octanol–water partition coefficient (Wildman–Crippen LogP) is 5.25. The van der Waals surface area contributed by atoms with E-state index in [1.165, 1.54) is 10.4 Å². The predicted molar refractivity (Wildman–Crippen MR) is 88.0 cm³/mol. The molecule has 0 atom stereocenters. The van der Waals surface area contributed by atoms with Gasteiger partial charge in [0.1, 0.15) is 5.01 Å². The Morgan fingerprint density at radius 2 is 1.90 bits per heavy atom. The van der Waals surface area contributed by atoms with Crippen molar-refractivity contribution in [3.05, 3.63) is 57.5 Å². The topological polar surface area (TPSA) is 25.8 Å². The number of aromatic nitrogens is 2. The third kappa shape index (κ3) is 2.53. The van der Waals surface area contributed by atoms with Crippen molar-refractivity contribution in [3.8, 4) is 22.0 Å². The van der Waals surface area contributed by atoms with Crippen molar-refractivity contribution >= 4 is 27.3 Å². The van der Waals surface area contributed by atoms with E-state index in [4.69, 9.17) is 4.98 Å².